The largest absolute Gasteiger partial charge is 0.313 e. The number of hydrogen-bond donors (Lipinski definition) is 1. The second-order valence-electron chi connectivity index (χ2n) is 7.39. The highest BCUT2D eigenvalue weighted by atomic mass is 15.2. The van der Waals surface area contributed by atoms with E-state index in [2.05, 4.69) is 64.0 Å². The minimum Gasteiger partial charge on any atom is -0.313 e. The maximum Gasteiger partial charge on any atom is 0.0120 e. The molecule has 1 saturated heterocycles. The fourth-order valence-corrected chi connectivity index (χ4v) is 3.15. The van der Waals surface area contributed by atoms with Gasteiger partial charge in [-0.25, -0.2) is 0 Å². The van der Waals surface area contributed by atoms with E-state index >= 15 is 0 Å². The van der Waals surface area contributed by atoms with Crippen LogP contribution < -0.4 is 5.32 Å². The van der Waals surface area contributed by atoms with Crippen LogP contribution in [-0.4, -0.2) is 62.7 Å². The summed E-state index contributed by atoms with van der Waals surface area (Å²) in [5.74, 6) is 0.751. The van der Waals surface area contributed by atoms with E-state index in [-0.39, 0.29) is 0 Å². The van der Waals surface area contributed by atoms with Crippen LogP contribution in [-0.2, 0) is 0 Å². The van der Waals surface area contributed by atoms with Crippen molar-refractivity contribution < 1.29 is 0 Å². The second-order valence-corrected chi connectivity index (χ2v) is 7.39. The van der Waals surface area contributed by atoms with Crippen molar-refractivity contribution in [2.75, 3.05) is 40.8 Å². The number of hydrogen-bond acceptors (Lipinski definition) is 3. The van der Waals surface area contributed by atoms with Gasteiger partial charge in [0.1, 0.15) is 0 Å². The van der Waals surface area contributed by atoms with Gasteiger partial charge < -0.3 is 15.1 Å². The molecule has 1 aliphatic rings. The molecule has 0 aromatic carbocycles. The van der Waals surface area contributed by atoms with Crippen molar-refractivity contribution >= 4 is 0 Å². The van der Waals surface area contributed by atoms with E-state index in [4.69, 9.17) is 0 Å². The van der Waals surface area contributed by atoms with Gasteiger partial charge in [-0.3, -0.25) is 0 Å². The lowest BCUT2D eigenvalue weighted by atomic mass is 9.87. The van der Waals surface area contributed by atoms with Gasteiger partial charge in [-0.1, -0.05) is 20.8 Å². The molecule has 0 bridgehead atoms. The number of piperidine rings is 1. The second kappa shape index (κ2) is 6.36. The maximum absolute atomic E-state index is 3.81. The number of nitrogens with one attached hydrogen (secondary N) is 1. The quantitative estimate of drug-likeness (QED) is 0.809. The smallest absolute Gasteiger partial charge is 0.0120 e. The van der Waals surface area contributed by atoms with Crippen LogP contribution in [0.3, 0.4) is 0 Å². The Labute approximate surface area is 114 Å². The van der Waals surface area contributed by atoms with Gasteiger partial charge in [0.2, 0.25) is 0 Å². The monoisotopic (exact) mass is 255 g/mol. The molecule has 0 aromatic rings. The molecule has 0 radical (unpaired) electrons. The van der Waals surface area contributed by atoms with Gasteiger partial charge in [0.25, 0.3) is 0 Å². The predicted octanol–water partition coefficient (Wildman–Crippen LogP) is 1.89. The summed E-state index contributed by atoms with van der Waals surface area (Å²) in [5, 5.41) is 3.81. The predicted molar refractivity (Wildman–Crippen MR) is 80.0 cm³/mol. The van der Waals surface area contributed by atoms with E-state index in [1.54, 1.807) is 0 Å². The van der Waals surface area contributed by atoms with Crippen molar-refractivity contribution in [3.05, 3.63) is 0 Å². The molecule has 3 nitrogen and oxygen atoms in total. The van der Waals surface area contributed by atoms with Gasteiger partial charge >= 0.3 is 0 Å². The first-order valence-electron chi connectivity index (χ1n) is 7.29. The van der Waals surface area contributed by atoms with Crippen molar-refractivity contribution in [1.82, 2.24) is 15.1 Å². The van der Waals surface area contributed by atoms with Gasteiger partial charge in [-0.05, 0) is 45.8 Å². The Morgan fingerprint density at radius 2 is 1.89 bits per heavy atom. The molecule has 3 heteroatoms. The molecule has 0 aromatic heterocycles. The van der Waals surface area contributed by atoms with Crippen LogP contribution in [0.4, 0.5) is 0 Å². The highest BCUT2D eigenvalue weighted by Gasteiger charge is 2.30. The fourth-order valence-electron chi connectivity index (χ4n) is 3.15. The van der Waals surface area contributed by atoms with E-state index in [0.29, 0.717) is 17.5 Å². The molecular weight excluding hydrogens is 222 g/mol. The zero-order valence-corrected chi connectivity index (χ0v) is 13.5. The lowest BCUT2D eigenvalue weighted by Gasteiger charge is -2.41. The number of likely N-dealkylation sites (tertiary alicyclic amines) is 1. The molecular formula is C15H33N3. The third-order valence-electron chi connectivity index (χ3n) is 4.20. The summed E-state index contributed by atoms with van der Waals surface area (Å²) in [6, 6.07) is 1.38. The molecule has 1 N–H and O–H groups in total. The van der Waals surface area contributed by atoms with Crippen LogP contribution in [0.15, 0.2) is 0 Å². The Bertz CT molecular complexity index is 250. The molecule has 1 fully saturated rings. The number of nitrogens with zero attached hydrogens (tertiary/aromatic N) is 2. The molecule has 3 unspecified atom stereocenters. The van der Waals surface area contributed by atoms with E-state index in [1.165, 1.54) is 13.0 Å². The van der Waals surface area contributed by atoms with Crippen LogP contribution in [0.2, 0.25) is 0 Å². The lowest BCUT2D eigenvalue weighted by Crippen LogP contribution is -2.53. The first kappa shape index (κ1) is 15.9. The van der Waals surface area contributed by atoms with Crippen LogP contribution in [0.5, 0.6) is 0 Å². The standard InChI is InChI=1S/C15H33N3/c1-12-9-18(7)13(2)8-14(12)16-10-15(3,4)11-17(5)6/h12-14,16H,8-11H2,1-7H3. The van der Waals surface area contributed by atoms with Gasteiger partial charge in [0.05, 0.1) is 0 Å². The summed E-state index contributed by atoms with van der Waals surface area (Å²) in [7, 11) is 6.55. The summed E-state index contributed by atoms with van der Waals surface area (Å²) in [6.45, 7) is 12.9. The first-order chi connectivity index (χ1) is 8.21. The fraction of sp³-hybridized carbons (Fsp3) is 1.00. The topological polar surface area (TPSA) is 18.5 Å². The first-order valence-corrected chi connectivity index (χ1v) is 7.29. The summed E-state index contributed by atoms with van der Waals surface area (Å²) < 4.78 is 0. The average Bonchev–Trinajstić information content (AvgIpc) is 2.19. The van der Waals surface area contributed by atoms with Crippen molar-refractivity contribution in [1.29, 1.82) is 0 Å². The Balaban J connectivity index is 2.43. The van der Waals surface area contributed by atoms with Crippen LogP contribution in [0.1, 0.15) is 34.1 Å². The lowest BCUT2D eigenvalue weighted by molar-refractivity contribution is 0.112. The molecule has 3 atom stereocenters. The summed E-state index contributed by atoms with van der Waals surface area (Å²) >= 11 is 0. The molecule has 108 valence electrons. The normalized spacial score (nSPS) is 31.0. The summed E-state index contributed by atoms with van der Waals surface area (Å²) in [4.78, 5) is 4.76. The zero-order valence-electron chi connectivity index (χ0n) is 13.5. The zero-order chi connectivity index (χ0) is 13.9. The molecule has 1 aliphatic heterocycles. The number of rotatable bonds is 5. The third-order valence-corrected chi connectivity index (χ3v) is 4.20. The average molecular weight is 255 g/mol. The van der Waals surface area contributed by atoms with Crippen LogP contribution >= 0.6 is 0 Å². The summed E-state index contributed by atoms with van der Waals surface area (Å²) in [6.07, 6.45) is 1.27. The van der Waals surface area contributed by atoms with Crippen LogP contribution in [0.25, 0.3) is 0 Å². The Kier molecular flexibility index (Phi) is 5.63. The van der Waals surface area contributed by atoms with Crippen molar-refractivity contribution in [3.63, 3.8) is 0 Å². The molecule has 1 rings (SSSR count). The van der Waals surface area contributed by atoms with Gasteiger partial charge in [-0.2, -0.15) is 0 Å². The molecule has 0 saturated carbocycles. The van der Waals surface area contributed by atoms with Crippen molar-refractivity contribution in [2.24, 2.45) is 11.3 Å². The van der Waals surface area contributed by atoms with Gasteiger partial charge in [0, 0.05) is 31.7 Å². The van der Waals surface area contributed by atoms with Gasteiger partial charge in [0.15, 0.2) is 0 Å². The molecule has 0 aliphatic carbocycles. The highest BCUT2D eigenvalue weighted by Crippen LogP contribution is 2.22. The molecule has 18 heavy (non-hydrogen) atoms. The molecule has 1 heterocycles. The Morgan fingerprint density at radius 1 is 1.28 bits per heavy atom. The molecule has 0 amide bonds. The SMILES string of the molecule is CC1CN(C)C(C)CC1NCC(C)(C)CN(C)C. The Hall–Kier alpha value is -0.120. The van der Waals surface area contributed by atoms with E-state index < -0.39 is 0 Å². The van der Waals surface area contributed by atoms with E-state index in [1.807, 2.05) is 0 Å². The highest BCUT2D eigenvalue weighted by molar-refractivity contribution is 4.87. The van der Waals surface area contributed by atoms with Crippen LogP contribution in [0, 0.1) is 11.3 Å². The van der Waals surface area contributed by atoms with Crippen molar-refractivity contribution in [2.45, 2.75) is 46.2 Å². The van der Waals surface area contributed by atoms with E-state index in [0.717, 1.165) is 19.0 Å². The minimum atomic E-state index is 0.343. The van der Waals surface area contributed by atoms with E-state index in [9.17, 15) is 0 Å². The Morgan fingerprint density at radius 3 is 2.44 bits per heavy atom. The molecule has 0 spiro atoms. The van der Waals surface area contributed by atoms with Crippen molar-refractivity contribution in [3.8, 4) is 0 Å². The van der Waals surface area contributed by atoms with Gasteiger partial charge in [-0.15, -0.1) is 0 Å². The minimum absolute atomic E-state index is 0.343. The summed E-state index contributed by atoms with van der Waals surface area (Å²) in [5.41, 5.74) is 0.343. The third kappa shape index (κ3) is 4.87. The maximum atomic E-state index is 3.81.